The van der Waals surface area contributed by atoms with Gasteiger partial charge in [-0.1, -0.05) is 65.3 Å². The molecule has 6 rings (SSSR count). The summed E-state index contributed by atoms with van der Waals surface area (Å²) in [4.78, 5) is 56.5. The van der Waals surface area contributed by atoms with Crippen molar-refractivity contribution >= 4 is 53.3 Å². The fourth-order valence-electron chi connectivity index (χ4n) is 7.99. The van der Waals surface area contributed by atoms with Crippen LogP contribution in [0.5, 0.6) is 0 Å². The number of aliphatic hydroxyl groups excluding tert-OH is 1. The van der Waals surface area contributed by atoms with Gasteiger partial charge in [0.1, 0.15) is 0 Å². The van der Waals surface area contributed by atoms with E-state index in [9.17, 15) is 24.3 Å². The maximum absolute atomic E-state index is 14.8. The lowest BCUT2D eigenvalue weighted by Crippen LogP contribution is -2.46. The summed E-state index contributed by atoms with van der Waals surface area (Å²) in [5.74, 6) is -0.961. The van der Waals surface area contributed by atoms with Crippen molar-refractivity contribution in [2.24, 2.45) is 5.92 Å². The molecule has 3 aliphatic heterocycles. The number of anilines is 2. The van der Waals surface area contributed by atoms with Crippen LogP contribution in [0.3, 0.4) is 0 Å². The minimum Gasteiger partial charge on any atom is -0.432 e. The molecular weight excluding hydrogens is 704 g/mol. The second-order valence-electron chi connectivity index (χ2n) is 14.0. The third-order valence-electron chi connectivity index (χ3n) is 10.2. The lowest BCUT2D eigenvalue weighted by molar-refractivity contribution is -0.150. The van der Waals surface area contributed by atoms with Crippen molar-refractivity contribution in [3.63, 3.8) is 0 Å². The van der Waals surface area contributed by atoms with E-state index in [0.29, 0.717) is 23.5 Å². The number of fused-ring (bicyclic) bond motifs is 2. The molecule has 5 atom stereocenters. The average Bonchev–Trinajstić information content (AvgIpc) is 3.76. The Kier molecular flexibility index (Phi) is 10.5. The molecule has 4 N–H and O–H groups in total. The van der Waals surface area contributed by atoms with Crippen molar-refractivity contribution in [2.45, 2.75) is 75.7 Å². The highest BCUT2D eigenvalue weighted by Gasteiger charge is 2.66. The van der Waals surface area contributed by atoms with Gasteiger partial charge in [-0.05, 0) is 73.9 Å². The first-order chi connectivity index (χ1) is 23.4. The number of aliphatic hydroxyl groups is 1. The Morgan fingerprint density at radius 2 is 1.86 bits per heavy atom. The molecule has 3 aliphatic rings. The monoisotopic (exact) mass is 748 g/mol. The van der Waals surface area contributed by atoms with Crippen LogP contribution in [0.15, 0.2) is 77.3 Å². The van der Waals surface area contributed by atoms with Crippen molar-refractivity contribution in [1.29, 1.82) is 0 Å². The van der Waals surface area contributed by atoms with Gasteiger partial charge >= 0.3 is 0 Å². The Morgan fingerprint density at radius 3 is 2.55 bits per heavy atom. The first-order valence-electron chi connectivity index (χ1n) is 17.0. The molecule has 2 saturated heterocycles. The van der Waals surface area contributed by atoms with Crippen LogP contribution in [-0.4, -0.2) is 72.7 Å². The van der Waals surface area contributed by atoms with Crippen LogP contribution in [-0.2, 0) is 37.8 Å². The highest BCUT2D eigenvalue weighted by atomic mass is 79.9. The van der Waals surface area contributed by atoms with Crippen LogP contribution in [0.2, 0.25) is 18.6 Å². The molecule has 12 heteroatoms. The summed E-state index contributed by atoms with van der Waals surface area (Å²) >= 11 is 3.60. The first kappa shape index (κ1) is 35.4. The maximum atomic E-state index is 14.8. The predicted molar refractivity (Wildman–Crippen MR) is 194 cm³/mol. The third-order valence-corrected chi connectivity index (χ3v) is 13.2. The summed E-state index contributed by atoms with van der Waals surface area (Å²) in [5, 5.41) is 16.0. The molecule has 3 aromatic carbocycles. The molecule has 260 valence electrons. The fourth-order valence-corrected chi connectivity index (χ4v) is 10.9. The molecular formula is C37H45BrN4O6Si. The molecule has 0 aromatic heterocycles. The molecule has 0 radical (unpaired) electrons. The number of nitrogens with zero attached hydrogens (tertiary/aromatic N) is 2. The van der Waals surface area contributed by atoms with E-state index in [1.165, 1.54) is 0 Å². The summed E-state index contributed by atoms with van der Waals surface area (Å²) in [6, 6.07) is 22.6. The van der Waals surface area contributed by atoms with E-state index >= 15 is 0 Å². The van der Waals surface area contributed by atoms with Gasteiger partial charge in [-0.2, -0.15) is 0 Å². The van der Waals surface area contributed by atoms with Crippen molar-refractivity contribution in [1.82, 2.24) is 10.2 Å². The summed E-state index contributed by atoms with van der Waals surface area (Å²) < 4.78 is 7.68. The molecule has 3 aromatic rings. The number of hydrogen-bond donors (Lipinski definition) is 4. The number of amides is 3. The molecule has 1 spiro atoms. The van der Waals surface area contributed by atoms with Crippen LogP contribution in [0.4, 0.5) is 11.4 Å². The number of ether oxygens (including phenoxy) is 1. The van der Waals surface area contributed by atoms with E-state index in [1.54, 1.807) is 9.80 Å². The van der Waals surface area contributed by atoms with E-state index in [4.69, 9.17) is 4.74 Å². The summed E-state index contributed by atoms with van der Waals surface area (Å²) in [6.07, 6.45) is 1.01. The molecule has 0 aliphatic carbocycles. The number of hydrogen-bond acceptors (Lipinski definition) is 7. The van der Waals surface area contributed by atoms with Gasteiger partial charge in [0.15, 0.2) is 13.9 Å². The molecule has 0 unspecified atom stereocenters. The molecule has 2 fully saturated rings. The zero-order valence-electron chi connectivity index (χ0n) is 28.2. The Balaban J connectivity index is 1.29. The van der Waals surface area contributed by atoms with E-state index in [1.807, 2.05) is 92.8 Å². The number of carbonyl (C=O) groups excluding carboxylic acids is 3. The van der Waals surface area contributed by atoms with Gasteiger partial charge in [0, 0.05) is 40.3 Å². The van der Waals surface area contributed by atoms with Crippen LogP contribution in [0.25, 0.3) is 0 Å². The van der Waals surface area contributed by atoms with Gasteiger partial charge in [-0.25, -0.2) is 0 Å². The van der Waals surface area contributed by atoms with Gasteiger partial charge in [0.25, 0.3) is 5.91 Å². The summed E-state index contributed by atoms with van der Waals surface area (Å²) in [7, 11) is -3.01. The lowest BCUT2D eigenvalue weighted by Gasteiger charge is -2.32. The maximum Gasteiger partial charge on any atom is 0.264 e. The van der Waals surface area contributed by atoms with E-state index in [0.717, 1.165) is 35.0 Å². The van der Waals surface area contributed by atoms with Crippen LogP contribution in [0.1, 0.15) is 42.9 Å². The summed E-state index contributed by atoms with van der Waals surface area (Å²) in [5.41, 5.74) is 2.00. The lowest BCUT2D eigenvalue weighted by atomic mass is 9.82. The Morgan fingerprint density at radius 1 is 1.10 bits per heavy atom. The van der Waals surface area contributed by atoms with Gasteiger partial charge in [0.05, 0.1) is 37.4 Å². The zero-order chi connectivity index (χ0) is 34.9. The fraction of sp³-hybridized carbons (Fsp3) is 0.432. The van der Waals surface area contributed by atoms with E-state index in [2.05, 4.69) is 26.6 Å². The quantitative estimate of drug-likeness (QED) is 0.206. The number of rotatable bonds is 11. The Labute approximate surface area is 297 Å². The third kappa shape index (κ3) is 7.13. The van der Waals surface area contributed by atoms with Gasteiger partial charge in [0.2, 0.25) is 11.8 Å². The molecule has 3 heterocycles. The van der Waals surface area contributed by atoms with Crippen molar-refractivity contribution in [3.8, 4) is 0 Å². The number of carbonyl (C=O) groups is 3. The second kappa shape index (κ2) is 14.5. The number of nitrogens with one attached hydrogen (secondary N) is 2. The highest BCUT2D eigenvalue weighted by Crippen LogP contribution is 2.60. The first-order valence-corrected chi connectivity index (χ1v) is 20.8. The zero-order valence-corrected chi connectivity index (χ0v) is 30.8. The van der Waals surface area contributed by atoms with Gasteiger partial charge in [-0.3, -0.25) is 14.4 Å². The molecule has 10 nitrogen and oxygen atoms in total. The molecule has 0 saturated carbocycles. The van der Waals surface area contributed by atoms with Crippen LogP contribution < -0.4 is 15.5 Å². The van der Waals surface area contributed by atoms with Crippen LogP contribution >= 0.6 is 15.9 Å². The van der Waals surface area contributed by atoms with Crippen LogP contribution in [0, 0.1) is 5.92 Å². The standard InChI is InChI=1S/C37H45BrN4O6Si/c1-24-34(49(2,3)47)32(21-33(44)41(17-18-43)22-25-9-5-4-6-10-25)48-37(24)29-20-27(38)14-15-31(29)42(36(37)46)23-26-11-7-12-28(19-26)40-35(45)30-13-8-16-39-30/h4-7,9-12,14-15,19-20,24,30,32,34,39,43,47H,8,13,16-18,21-23H2,1-3H3,(H,40,45)/t24-,30-,32+,34-,37+/m1/s1. The Bertz CT molecular complexity index is 1700. The highest BCUT2D eigenvalue weighted by molar-refractivity contribution is 9.10. The Hall–Kier alpha value is -3.39. The smallest absolute Gasteiger partial charge is 0.264 e. The predicted octanol–water partition coefficient (Wildman–Crippen LogP) is 4.90. The van der Waals surface area contributed by atoms with Crippen molar-refractivity contribution in [2.75, 3.05) is 29.9 Å². The summed E-state index contributed by atoms with van der Waals surface area (Å²) in [6.45, 7) is 7.00. The SMILES string of the molecule is C[C@@H]1[C@@H]([Si](C)(C)O)[C@H](CC(=O)N(CCO)Cc2ccccc2)O[C@@]12C(=O)N(Cc1cccc(NC(=O)[C@H]3CCCN3)c1)c1ccc(Br)cc12. The largest absolute Gasteiger partial charge is 0.432 e. The van der Waals surface area contributed by atoms with Crippen molar-refractivity contribution in [3.05, 3.63) is 94.0 Å². The number of halogens is 1. The molecule has 3 amide bonds. The normalized spacial score (nSPS) is 24.8. The minimum absolute atomic E-state index is 0.0329. The average molecular weight is 750 g/mol. The number of benzene rings is 3. The molecule has 49 heavy (non-hydrogen) atoms. The second-order valence-corrected chi connectivity index (χ2v) is 18.9. The minimum atomic E-state index is -3.01. The topological polar surface area (TPSA) is 131 Å². The van der Waals surface area contributed by atoms with E-state index < -0.39 is 31.5 Å². The molecule has 0 bridgehead atoms. The van der Waals surface area contributed by atoms with Gasteiger partial charge < -0.3 is 35.1 Å². The van der Waals surface area contributed by atoms with Gasteiger partial charge in [-0.15, -0.1) is 0 Å². The van der Waals surface area contributed by atoms with E-state index in [-0.39, 0.29) is 49.9 Å². The van der Waals surface area contributed by atoms with Crippen molar-refractivity contribution < 1.29 is 29.0 Å².